The average Bonchev–Trinajstić information content (AvgIpc) is 3.08. The number of aromatic nitrogens is 1. The highest BCUT2D eigenvalue weighted by Gasteiger charge is 2.25. The zero-order chi connectivity index (χ0) is 17.6. The average molecular weight is 358 g/mol. The van der Waals surface area contributed by atoms with Crippen molar-refractivity contribution in [1.29, 1.82) is 0 Å². The monoisotopic (exact) mass is 357 g/mol. The molecule has 1 unspecified atom stereocenters. The van der Waals surface area contributed by atoms with Crippen LogP contribution in [0.15, 0.2) is 47.6 Å². The van der Waals surface area contributed by atoms with E-state index in [1.807, 2.05) is 12.1 Å². The molecule has 2 heterocycles. The number of nitrogens with one attached hydrogen (secondary N) is 2. The maximum Gasteiger partial charge on any atom is 0.191 e. The number of hydrogen-bond acceptors (Lipinski definition) is 3. The highest BCUT2D eigenvalue weighted by Crippen LogP contribution is 2.25. The summed E-state index contributed by atoms with van der Waals surface area (Å²) in [5.41, 5.74) is 2.51. The Morgan fingerprint density at radius 2 is 2.12 bits per heavy atom. The lowest BCUT2D eigenvalue weighted by atomic mass is 10.1. The minimum absolute atomic E-state index is 0.322. The van der Waals surface area contributed by atoms with Crippen LogP contribution in [0, 0.1) is 6.92 Å². The third-order valence-electron chi connectivity index (χ3n) is 4.37. The molecular weight excluding hydrogens is 334 g/mol. The van der Waals surface area contributed by atoms with E-state index in [1.165, 1.54) is 11.1 Å². The first-order chi connectivity index (χ1) is 12.2. The zero-order valence-corrected chi connectivity index (χ0v) is 15.4. The summed E-state index contributed by atoms with van der Waals surface area (Å²) in [5.74, 6) is 1.68. The topological polar surface area (TPSA) is 52.6 Å². The summed E-state index contributed by atoms with van der Waals surface area (Å²) in [7, 11) is 1.80. The fourth-order valence-corrected chi connectivity index (χ4v) is 3.20. The second-order valence-corrected chi connectivity index (χ2v) is 6.70. The van der Waals surface area contributed by atoms with Crippen LogP contribution in [0.25, 0.3) is 0 Å². The zero-order valence-electron chi connectivity index (χ0n) is 14.7. The summed E-state index contributed by atoms with van der Waals surface area (Å²) >= 11 is 6.25. The summed E-state index contributed by atoms with van der Waals surface area (Å²) in [6, 6.07) is 12.6. The van der Waals surface area contributed by atoms with Gasteiger partial charge in [-0.3, -0.25) is 4.99 Å². The summed E-state index contributed by atoms with van der Waals surface area (Å²) < 4.78 is 0. The Hall–Kier alpha value is -2.27. The lowest BCUT2D eigenvalue weighted by Gasteiger charge is -2.20. The van der Waals surface area contributed by atoms with E-state index in [-0.39, 0.29) is 0 Å². The minimum Gasteiger partial charge on any atom is -0.353 e. The molecule has 132 valence electrons. The molecule has 0 spiro atoms. The van der Waals surface area contributed by atoms with Crippen molar-refractivity contribution >= 4 is 23.4 Å². The molecule has 5 nitrogen and oxygen atoms in total. The molecule has 1 saturated heterocycles. The first-order valence-electron chi connectivity index (χ1n) is 8.54. The van der Waals surface area contributed by atoms with Crippen molar-refractivity contribution in [2.45, 2.75) is 25.9 Å². The van der Waals surface area contributed by atoms with Crippen molar-refractivity contribution in [1.82, 2.24) is 15.6 Å². The number of guanidine groups is 1. The lowest BCUT2D eigenvalue weighted by Crippen LogP contribution is -2.44. The summed E-state index contributed by atoms with van der Waals surface area (Å²) in [6.45, 7) is 4.64. The standard InChI is InChI=1S/C19H24ClN5/c1-14-5-7-15(8-6-14)12-23-19(21-2)24-16-9-11-25(13-16)18-17(20)4-3-10-22-18/h3-8,10,16H,9,11-13H2,1-2H3,(H2,21,23,24). The van der Waals surface area contributed by atoms with Gasteiger partial charge in [-0.15, -0.1) is 0 Å². The van der Waals surface area contributed by atoms with Gasteiger partial charge < -0.3 is 15.5 Å². The third kappa shape index (κ3) is 4.63. The predicted molar refractivity (Wildman–Crippen MR) is 104 cm³/mol. The Kier molecular flexibility index (Phi) is 5.76. The van der Waals surface area contributed by atoms with Crippen LogP contribution in [0.5, 0.6) is 0 Å². The molecule has 6 heteroatoms. The molecule has 2 aromatic rings. The largest absolute Gasteiger partial charge is 0.353 e. The van der Waals surface area contributed by atoms with Crippen LogP contribution in [0.2, 0.25) is 5.02 Å². The van der Waals surface area contributed by atoms with Crippen LogP contribution in [0.4, 0.5) is 5.82 Å². The normalized spacial score (nSPS) is 17.6. The third-order valence-corrected chi connectivity index (χ3v) is 4.67. The Labute approximate surface area is 154 Å². The van der Waals surface area contributed by atoms with Crippen molar-refractivity contribution in [3.8, 4) is 0 Å². The lowest BCUT2D eigenvalue weighted by molar-refractivity contribution is 0.648. The molecule has 25 heavy (non-hydrogen) atoms. The van der Waals surface area contributed by atoms with Crippen molar-refractivity contribution < 1.29 is 0 Å². The van der Waals surface area contributed by atoms with Gasteiger partial charge in [0.1, 0.15) is 5.82 Å². The van der Waals surface area contributed by atoms with E-state index in [1.54, 1.807) is 13.2 Å². The van der Waals surface area contributed by atoms with Gasteiger partial charge in [-0.1, -0.05) is 41.4 Å². The van der Waals surface area contributed by atoms with Gasteiger partial charge in [-0.25, -0.2) is 4.98 Å². The van der Waals surface area contributed by atoms with Gasteiger partial charge in [0.2, 0.25) is 0 Å². The van der Waals surface area contributed by atoms with E-state index in [4.69, 9.17) is 11.6 Å². The second-order valence-electron chi connectivity index (χ2n) is 6.30. The van der Waals surface area contributed by atoms with Gasteiger partial charge in [-0.2, -0.15) is 0 Å². The molecule has 1 aromatic heterocycles. The first-order valence-corrected chi connectivity index (χ1v) is 8.91. The predicted octanol–water partition coefficient (Wildman–Crippen LogP) is 2.99. The molecule has 1 aliphatic heterocycles. The molecule has 0 saturated carbocycles. The van der Waals surface area contributed by atoms with Gasteiger partial charge in [0, 0.05) is 38.9 Å². The SMILES string of the molecule is CN=C(NCc1ccc(C)cc1)NC1CCN(c2ncccc2Cl)C1. The van der Waals surface area contributed by atoms with Crippen molar-refractivity contribution in [3.05, 3.63) is 58.7 Å². The Morgan fingerprint density at radius 3 is 2.84 bits per heavy atom. The number of anilines is 1. The van der Waals surface area contributed by atoms with E-state index in [0.29, 0.717) is 11.1 Å². The number of aryl methyl sites for hydroxylation is 1. The Balaban J connectivity index is 1.53. The van der Waals surface area contributed by atoms with Gasteiger partial charge in [0.05, 0.1) is 5.02 Å². The second kappa shape index (κ2) is 8.21. The summed E-state index contributed by atoms with van der Waals surface area (Å²) in [5, 5.41) is 7.57. The van der Waals surface area contributed by atoms with E-state index in [0.717, 1.165) is 37.8 Å². The maximum absolute atomic E-state index is 6.25. The molecule has 3 rings (SSSR count). The first kappa shape index (κ1) is 17.5. The van der Waals surface area contributed by atoms with Crippen molar-refractivity contribution in [2.75, 3.05) is 25.0 Å². The molecule has 0 bridgehead atoms. The number of hydrogen-bond donors (Lipinski definition) is 2. The van der Waals surface area contributed by atoms with Gasteiger partial charge in [0.25, 0.3) is 0 Å². The molecule has 1 aromatic carbocycles. The van der Waals surface area contributed by atoms with Crippen LogP contribution < -0.4 is 15.5 Å². The molecular formula is C19H24ClN5. The van der Waals surface area contributed by atoms with Gasteiger partial charge in [-0.05, 0) is 31.0 Å². The van der Waals surface area contributed by atoms with Crippen molar-refractivity contribution in [2.24, 2.45) is 4.99 Å². The van der Waals surface area contributed by atoms with E-state index in [2.05, 4.69) is 56.7 Å². The molecule has 0 aliphatic carbocycles. The van der Waals surface area contributed by atoms with E-state index in [9.17, 15) is 0 Å². The van der Waals surface area contributed by atoms with Crippen LogP contribution in [0.1, 0.15) is 17.5 Å². The Morgan fingerprint density at radius 1 is 1.32 bits per heavy atom. The highest BCUT2D eigenvalue weighted by molar-refractivity contribution is 6.32. The highest BCUT2D eigenvalue weighted by atomic mass is 35.5. The smallest absolute Gasteiger partial charge is 0.191 e. The van der Waals surface area contributed by atoms with Crippen LogP contribution in [-0.2, 0) is 6.54 Å². The van der Waals surface area contributed by atoms with E-state index < -0.39 is 0 Å². The van der Waals surface area contributed by atoms with E-state index >= 15 is 0 Å². The molecule has 0 amide bonds. The molecule has 1 aliphatic rings. The van der Waals surface area contributed by atoms with Crippen LogP contribution in [0.3, 0.4) is 0 Å². The number of pyridine rings is 1. The van der Waals surface area contributed by atoms with Crippen LogP contribution >= 0.6 is 11.6 Å². The fraction of sp³-hybridized carbons (Fsp3) is 0.368. The number of rotatable bonds is 4. The quantitative estimate of drug-likeness (QED) is 0.652. The maximum atomic E-state index is 6.25. The minimum atomic E-state index is 0.322. The van der Waals surface area contributed by atoms with Gasteiger partial charge >= 0.3 is 0 Å². The number of halogens is 1. The van der Waals surface area contributed by atoms with Crippen molar-refractivity contribution in [3.63, 3.8) is 0 Å². The molecule has 1 atom stereocenters. The molecule has 0 radical (unpaired) electrons. The van der Waals surface area contributed by atoms with Crippen LogP contribution in [-0.4, -0.2) is 37.1 Å². The molecule has 1 fully saturated rings. The number of benzene rings is 1. The summed E-state index contributed by atoms with van der Waals surface area (Å²) in [6.07, 6.45) is 2.81. The van der Waals surface area contributed by atoms with Gasteiger partial charge in [0.15, 0.2) is 5.96 Å². The Bertz CT molecular complexity index is 729. The fourth-order valence-electron chi connectivity index (χ4n) is 2.96. The molecule has 2 N–H and O–H groups in total. The summed E-state index contributed by atoms with van der Waals surface area (Å²) in [4.78, 5) is 10.9. The number of aliphatic imine (C=N–C) groups is 1. The number of nitrogens with zero attached hydrogens (tertiary/aromatic N) is 3.